The molecule has 2 rings (SSSR count). The van der Waals surface area contributed by atoms with Crippen LogP contribution in [0.2, 0.25) is 0 Å². The molecule has 0 heterocycles. The summed E-state index contributed by atoms with van der Waals surface area (Å²) in [7, 11) is 0. The van der Waals surface area contributed by atoms with Crippen molar-refractivity contribution in [2.45, 2.75) is 58.3 Å². The summed E-state index contributed by atoms with van der Waals surface area (Å²) in [5.74, 6) is 0.213. The zero-order chi connectivity index (χ0) is 12.4. The maximum absolute atomic E-state index is 12.0. The molecule has 18 heavy (non-hydrogen) atoms. The number of amides is 1. The Balaban J connectivity index is 0.00000162. The monoisotopic (exact) mass is 274 g/mol. The first-order valence-electron chi connectivity index (χ1n) is 7.04. The maximum atomic E-state index is 12.0. The standard InChI is InChI=1S/C14H26N2O.ClH/c1-13(7-8-13)11-16-12(17)9-14(10-15)5-3-2-4-6-14;/h2-11,15H2,1H3,(H,16,17);1H. The summed E-state index contributed by atoms with van der Waals surface area (Å²) < 4.78 is 0. The molecule has 0 aliphatic heterocycles. The maximum Gasteiger partial charge on any atom is 0.220 e. The number of hydrogen-bond donors (Lipinski definition) is 2. The predicted octanol–water partition coefficient (Wildman–Crippen LogP) is 2.62. The summed E-state index contributed by atoms with van der Waals surface area (Å²) in [4.78, 5) is 12.0. The van der Waals surface area contributed by atoms with Crippen molar-refractivity contribution in [3.63, 3.8) is 0 Å². The van der Waals surface area contributed by atoms with Crippen molar-refractivity contribution < 1.29 is 4.79 Å². The third kappa shape index (κ3) is 4.13. The predicted molar refractivity (Wildman–Crippen MR) is 76.8 cm³/mol. The minimum absolute atomic E-state index is 0. The van der Waals surface area contributed by atoms with Crippen molar-refractivity contribution in [3.05, 3.63) is 0 Å². The Morgan fingerprint density at radius 3 is 2.28 bits per heavy atom. The SMILES string of the molecule is CC1(CNC(=O)CC2(CN)CCCCC2)CC1.Cl. The Hall–Kier alpha value is -0.280. The fraction of sp³-hybridized carbons (Fsp3) is 0.929. The second-order valence-electron chi connectivity index (χ2n) is 6.53. The van der Waals surface area contributed by atoms with E-state index in [1.54, 1.807) is 0 Å². The number of nitrogens with one attached hydrogen (secondary N) is 1. The van der Waals surface area contributed by atoms with E-state index in [4.69, 9.17) is 5.73 Å². The van der Waals surface area contributed by atoms with E-state index < -0.39 is 0 Å². The van der Waals surface area contributed by atoms with E-state index >= 15 is 0 Å². The first kappa shape index (κ1) is 15.8. The summed E-state index contributed by atoms with van der Waals surface area (Å²) in [6, 6.07) is 0. The lowest BCUT2D eigenvalue weighted by atomic mass is 9.71. The van der Waals surface area contributed by atoms with Crippen LogP contribution in [0, 0.1) is 10.8 Å². The topological polar surface area (TPSA) is 55.1 Å². The normalized spacial score (nSPS) is 23.9. The third-order valence-electron chi connectivity index (χ3n) is 4.70. The van der Waals surface area contributed by atoms with Gasteiger partial charge in [-0.25, -0.2) is 0 Å². The van der Waals surface area contributed by atoms with Crippen LogP contribution in [0.5, 0.6) is 0 Å². The number of rotatable bonds is 5. The lowest BCUT2D eigenvalue weighted by Crippen LogP contribution is -2.39. The summed E-state index contributed by atoms with van der Waals surface area (Å²) in [5.41, 5.74) is 6.41. The molecule has 0 spiro atoms. The molecule has 3 N–H and O–H groups in total. The van der Waals surface area contributed by atoms with Crippen molar-refractivity contribution >= 4 is 18.3 Å². The second kappa shape index (κ2) is 6.25. The van der Waals surface area contributed by atoms with E-state index in [2.05, 4.69) is 12.2 Å². The molecule has 2 fully saturated rings. The highest BCUT2D eigenvalue weighted by atomic mass is 35.5. The minimum Gasteiger partial charge on any atom is -0.356 e. The molecule has 0 aromatic rings. The average molecular weight is 275 g/mol. The van der Waals surface area contributed by atoms with Crippen LogP contribution in [0.4, 0.5) is 0 Å². The van der Waals surface area contributed by atoms with E-state index in [1.807, 2.05) is 0 Å². The molecule has 0 unspecified atom stereocenters. The molecular weight excluding hydrogens is 248 g/mol. The quantitative estimate of drug-likeness (QED) is 0.810. The molecular formula is C14H27ClN2O. The van der Waals surface area contributed by atoms with Crippen LogP contribution in [0.15, 0.2) is 0 Å². The Morgan fingerprint density at radius 1 is 1.17 bits per heavy atom. The van der Waals surface area contributed by atoms with Gasteiger partial charge in [-0.2, -0.15) is 0 Å². The highest BCUT2D eigenvalue weighted by Gasteiger charge is 2.38. The van der Waals surface area contributed by atoms with Crippen LogP contribution in [0.1, 0.15) is 58.3 Å². The van der Waals surface area contributed by atoms with Crippen molar-refractivity contribution in [1.29, 1.82) is 0 Å². The summed E-state index contributed by atoms with van der Waals surface area (Å²) in [6.45, 7) is 3.76. The van der Waals surface area contributed by atoms with E-state index in [0.29, 0.717) is 18.4 Å². The van der Waals surface area contributed by atoms with Crippen LogP contribution in [0.3, 0.4) is 0 Å². The molecule has 2 aliphatic carbocycles. The lowest BCUT2D eigenvalue weighted by Gasteiger charge is -2.35. The van der Waals surface area contributed by atoms with Gasteiger partial charge in [0.1, 0.15) is 0 Å². The highest BCUT2D eigenvalue weighted by Crippen LogP contribution is 2.44. The first-order valence-corrected chi connectivity index (χ1v) is 7.04. The van der Waals surface area contributed by atoms with Gasteiger partial charge in [0.2, 0.25) is 5.91 Å². The molecule has 3 nitrogen and oxygen atoms in total. The van der Waals surface area contributed by atoms with Crippen LogP contribution in [0.25, 0.3) is 0 Å². The number of carbonyl (C=O) groups excluding carboxylic acids is 1. The fourth-order valence-electron chi connectivity index (χ4n) is 2.86. The van der Waals surface area contributed by atoms with Gasteiger partial charge in [0.15, 0.2) is 0 Å². The molecule has 2 saturated carbocycles. The van der Waals surface area contributed by atoms with Gasteiger partial charge in [-0.3, -0.25) is 4.79 Å². The summed E-state index contributed by atoms with van der Waals surface area (Å²) in [6.07, 6.45) is 9.21. The second-order valence-corrected chi connectivity index (χ2v) is 6.53. The Kier molecular flexibility index (Phi) is 5.47. The molecule has 0 saturated heterocycles. The minimum atomic E-state index is 0. The molecule has 0 atom stereocenters. The van der Waals surface area contributed by atoms with Gasteiger partial charge in [-0.1, -0.05) is 26.2 Å². The van der Waals surface area contributed by atoms with Gasteiger partial charge < -0.3 is 11.1 Å². The van der Waals surface area contributed by atoms with Crippen molar-refractivity contribution in [3.8, 4) is 0 Å². The van der Waals surface area contributed by atoms with Gasteiger partial charge in [-0.15, -0.1) is 12.4 Å². The smallest absolute Gasteiger partial charge is 0.220 e. The number of hydrogen-bond acceptors (Lipinski definition) is 2. The first-order chi connectivity index (χ1) is 8.08. The van der Waals surface area contributed by atoms with Crippen LogP contribution in [-0.4, -0.2) is 19.0 Å². The zero-order valence-electron chi connectivity index (χ0n) is 11.5. The molecule has 4 heteroatoms. The molecule has 1 amide bonds. The van der Waals surface area contributed by atoms with E-state index in [-0.39, 0.29) is 23.7 Å². The average Bonchev–Trinajstić information content (AvgIpc) is 3.07. The van der Waals surface area contributed by atoms with Crippen molar-refractivity contribution in [2.24, 2.45) is 16.6 Å². The van der Waals surface area contributed by atoms with Crippen LogP contribution >= 0.6 is 12.4 Å². The third-order valence-corrected chi connectivity index (χ3v) is 4.70. The van der Waals surface area contributed by atoms with Crippen molar-refractivity contribution in [1.82, 2.24) is 5.32 Å². The molecule has 0 bridgehead atoms. The Bertz CT molecular complexity index is 284. The van der Waals surface area contributed by atoms with Gasteiger partial charge in [-0.05, 0) is 43.1 Å². The van der Waals surface area contributed by atoms with Gasteiger partial charge in [0, 0.05) is 13.0 Å². The van der Waals surface area contributed by atoms with Gasteiger partial charge >= 0.3 is 0 Å². The van der Waals surface area contributed by atoms with Gasteiger partial charge in [0.05, 0.1) is 0 Å². The van der Waals surface area contributed by atoms with Crippen LogP contribution in [-0.2, 0) is 4.79 Å². The number of carbonyl (C=O) groups is 1. The highest BCUT2D eigenvalue weighted by molar-refractivity contribution is 5.85. The van der Waals surface area contributed by atoms with E-state index in [1.165, 1.54) is 32.1 Å². The fourth-order valence-corrected chi connectivity index (χ4v) is 2.86. The summed E-state index contributed by atoms with van der Waals surface area (Å²) in [5, 5.41) is 3.10. The molecule has 0 aromatic heterocycles. The van der Waals surface area contributed by atoms with Crippen LogP contribution < -0.4 is 11.1 Å². The number of halogens is 1. The zero-order valence-corrected chi connectivity index (χ0v) is 12.3. The number of nitrogens with two attached hydrogens (primary N) is 1. The lowest BCUT2D eigenvalue weighted by molar-refractivity contribution is -0.124. The Labute approximate surface area is 117 Å². The van der Waals surface area contributed by atoms with E-state index in [0.717, 1.165) is 19.4 Å². The molecule has 0 aromatic carbocycles. The molecule has 106 valence electrons. The van der Waals surface area contributed by atoms with E-state index in [9.17, 15) is 4.79 Å². The summed E-state index contributed by atoms with van der Waals surface area (Å²) >= 11 is 0. The largest absolute Gasteiger partial charge is 0.356 e. The Morgan fingerprint density at radius 2 is 1.78 bits per heavy atom. The molecule has 2 aliphatic rings. The van der Waals surface area contributed by atoms with Crippen molar-refractivity contribution in [2.75, 3.05) is 13.1 Å². The van der Waals surface area contributed by atoms with Gasteiger partial charge in [0.25, 0.3) is 0 Å². The molecule has 0 radical (unpaired) electrons.